The van der Waals surface area contributed by atoms with E-state index in [4.69, 9.17) is 14.2 Å². The van der Waals surface area contributed by atoms with E-state index in [0.29, 0.717) is 55.4 Å². The minimum absolute atomic E-state index is 0.00546. The Morgan fingerprint density at radius 3 is 2.56 bits per heavy atom. The molecule has 6 rings (SSSR count). The molecule has 10 heteroatoms. The standard InChI is InChI=1S/C33H36FNO7S/c1-19-13-24(41-23-5-4-12-35(17-23)43(3,38)39)14-20(2)32(19)26-8-10-28(34)33-27(26)9-11-29(33)42-22-6-7-25-21(15-31(36)37)18-40-30(25)16-22/h6-8,10,13-14,16,21,23,29H,4-5,9,11-12,15,17-18H2,1-3H3,(H,36,37)/t21-,23+,29-/m1/s1. The number of carboxylic acids is 1. The monoisotopic (exact) mass is 609 g/mol. The Labute approximate surface area is 251 Å². The maximum absolute atomic E-state index is 15.3. The van der Waals surface area contributed by atoms with Gasteiger partial charge in [-0.1, -0.05) is 12.1 Å². The molecular weight excluding hydrogens is 573 g/mol. The van der Waals surface area contributed by atoms with Crippen LogP contribution in [-0.4, -0.2) is 55.9 Å². The number of hydrogen-bond donors (Lipinski definition) is 1. The molecule has 43 heavy (non-hydrogen) atoms. The second-order valence-electron chi connectivity index (χ2n) is 11.9. The molecule has 0 aromatic heterocycles. The minimum atomic E-state index is -3.27. The van der Waals surface area contributed by atoms with Crippen LogP contribution in [0.1, 0.15) is 65.5 Å². The van der Waals surface area contributed by atoms with Gasteiger partial charge in [0.15, 0.2) is 0 Å². The van der Waals surface area contributed by atoms with Gasteiger partial charge in [-0.3, -0.25) is 4.79 Å². The second kappa shape index (κ2) is 11.5. The van der Waals surface area contributed by atoms with E-state index in [1.54, 1.807) is 12.1 Å². The van der Waals surface area contributed by atoms with E-state index in [2.05, 4.69) is 0 Å². The molecule has 1 N–H and O–H groups in total. The Bertz CT molecular complexity index is 1670. The Balaban J connectivity index is 1.23. The van der Waals surface area contributed by atoms with E-state index in [9.17, 15) is 18.3 Å². The molecule has 2 heterocycles. The van der Waals surface area contributed by atoms with Crippen LogP contribution in [0.4, 0.5) is 4.39 Å². The van der Waals surface area contributed by atoms with Crippen molar-refractivity contribution in [2.75, 3.05) is 26.0 Å². The predicted molar refractivity (Wildman–Crippen MR) is 160 cm³/mol. The number of aliphatic carboxylic acids is 1. The zero-order valence-corrected chi connectivity index (χ0v) is 25.4. The Kier molecular flexibility index (Phi) is 7.85. The fourth-order valence-corrected chi connectivity index (χ4v) is 7.71. The van der Waals surface area contributed by atoms with Crippen molar-refractivity contribution in [3.8, 4) is 28.4 Å². The van der Waals surface area contributed by atoms with Crippen molar-refractivity contribution in [2.45, 2.75) is 64.1 Å². The van der Waals surface area contributed by atoms with Crippen molar-refractivity contribution < 1.29 is 36.9 Å². The quantitative estimate of drug-likeness (QED) is 0.338. The number of carbonyl (C=O) groups is 1. The van der Waals surface area contributed by atoms with Gasteiger partial charge in [0.1, 0.15) is 35.3 Å². The Morgan fingerprint density at radius 1 is 1.07 bits per heavy atom. The molecular formula is C33H36FNO7S. The van der Waals surface area contributed by atoms with E-state index in [0.717, 1.165) is 46.2 Å². The van der Waals surface area contributed by atoms with Crippen molar-refractivity contribution >= 4 is 16.0 Å². The molecule has 0 amide bonds. The maximum atomic E-state index is 15.3. The van der Waals surface area contributed by atoms with Crippen molar-refractivity contribution in [1.29, 1.82) is 0 Å². The molecule has 3 aliphatic rings. The lowest BCUT2D eigenvalue weighted by molar-refractivity contribution is -0.137. The van der Waals surface area contributed by atoms with Gasteiger partial charge in [-0.05, 0) is 91.6 Å². The average Bonchev–Trinajstić information content (AvgIpc) is 3.53. The number of carboxylic acid groups (broad SMARTS) is 1. The first-order valence-corrected chi connectivity index (χ1v) is 16.5. The SMILES string of the molecule is Cc1cc(O[C@H]2CCCN(S(C)(=O)=O)C2)cc(C)c1-c1ccc(F)c2c1CC[C@H]2Oc1ccc2c(c1)OC[C@H]2CC(=O)O. The third-order valence-electron chi connectivity index (χ3n) is 8.73. The first kappa shape index (κ1) is 29.4. The summed E-state index contributed by atoms with van der Waals surface area (Å²) in [6, 6.07) is 12.7. The van der Waals surface area contributed by atoms with Gasteiger partial charge in [0.25, 0.3) is 0 Å². The minimum Gasteiger partial charge on any atom is -0.492 e. The van der Waals surface area contributed by atoms with Crippen LogP contribution in [0.5, 0.6) is 17.2 Å². The summed E-state index contributed by atoms with van der Waals surface area (Å²) < 4.78 is 59.2. The first-order chi connectivity index (χ1) is 20.5. The van der Waals surface area contributed by atoms with E-state index in [1.165, 1.54) is 16.6 Å². The molecule has 0 bridgehead atoms. The molecule has 1 aliphatic carbocycles. The smallest absolute Gasteiger partial charge is 0.304 e. The molecule has 1 fully saturated rings. The van der Waals surface area contributed by atoms with Crippen LogP contribution in [0, 0.1) is 19.7 Å². The number of aryl methyl sites for hydroxylation is 2. The molecule has 3 aromatic carbocycles. The number of fused-ring (bicyclic) bond motifs is 2. The van der Waals surface area contributed by atoms with E-state index in [1.807, 2.05) is 38.1 Å². The molecule has 3 atom stereocenters. The van der Waals surface area contributed by atoms with Crippen LogP contribution in [0.15, 0.2) is 42.5 Å². The van der Waals surface area contributed by atoms with Gasteiger partial charge in [-0.15, -0.1) is 0 Å². The summed E-state index contributed by atoms with van der Waals surface area (Å²) in [5.74, 6) is 0.507. The number of piperidine rings is 1. The summed E-state index contributed by atoms with van der Waals surface area (Å²) in [4.78, 5) is 11.2. The van der Waals surface area contributed by atoms with Gasteiger partial charge in [0, 0.05) is 29.7 Å². The van der Waals surface area contributed by atoms with Gasteiger partial charge >= 0.3 is 5.97 Å². The lowest BCUT2D eigenvalue weighted by Gasteiger charge is -2.31. The number of rotatable bonds is 8. The molecule has 0 unspecified atom stereocenters. The van der Waals surface area contributed by atoms with Crippen molar-refractivity contribution in [3.63, 3.8) is 0 Å². The molecule has 2 aliphatic heterocycles. The topological polar surface area (TPSA) is 102 Å². The van der Waals surface area contributed by atoms with Crippen LogP contribution in [0.2, 0.25) is 0 Å². The third-order valence-corrected chi connectivity index (χ3v) is 10.0. The molecule has 0 spiro atoms. The summed E-state index contributed by atoms with van der Waals surface area (Å²) >= 11 is 0. The summed E-state index contributed by atoms with van der Waals surface area (Å²) in [7, 11) is -3.27. The van der Waals surface area contributed by atoms with Crippen LogP contribution in [-0.2, 0) is 21.2 Å². The molecule has 0 saturated carbocycles. The average molecular weight is 610 g/mol. The highest BCUT2D eigenvalue weighted by molar-refractivity contribution is 7.88. The van der Waals surface area contributed by atoms with Crippen molar-refractivity contribution in [2.24, 2.45) is 0 Å². The third kappa shape index (κ3) is 5.95. The zero-order chi connectivity index (χ0) is 30.5. The van der Waals surface area contributed by atoms with Gasteiger partial charge in [-0.2, -0.15) is 4.31 Å². The molecule has 1 saturated heterocycles. The van der Waals surface area contributed by atoms with E-state index < -0.39 is 22.1 Å². The van der Waals surface area contributed by atoms with Crippen LogP contribution in [0.3, 0.4) is 0 Å². The molecule has 228 valence electrons. The summed E-state index contributed by atoms with van der Waals surface area (Å²) in [6.45, 7) is 5.20. The first-order valence-electron chi connectivity index (χ1n) is 14.7. The zero-order valence-electron chi connectivity index (χ0n) is 24.6. The normalized spacial score (nSPS) is 21.6. The van der Waals surface area contributed by atoms with E-state index in [-0.39, 0.29) is 24.3 Å². The summed E-state index contributed by atoms with van der Waals surface area (Å²) in [5.41, 5.74) is 6.33. The number of sulfonamides is 1. The van der Waals surface area contributed by atoms with Crippen LogP contribution in [0.25, 0.3) is 11.1 Å². The Morgan fingerprint density at radius 2 is 1.84 bits per heavy atom. The summed E-state index contributed by atoms with van der Waals surface area (Å²) in [6.07, 6.45) is 3.39. The van der Waals surface area contributed by atoms with E-state index >= 15 is 4.39 Å². The maximum Gasteiger partial charge on any atom is 0.304 e. The lowest BCUT2D eigenvalue weighted by Crippen LogP contribution is -2.43. The van der Waals surface area contributed by atoms with Gasteiger partial charge < -0.3 is 19.3 Å². The van der Waals surface area contributed by atoms with Crippen LogP contribution < -0.4 is 14.2 Å². The summed E-state index contributed by atoms with van der Waals surface area (Å²) in [5, 5.41) is 9.17. The van der Waals surface area contributed by atoms with Crippen molar-refractivity contribution in [3.05, 3.63) is 76.1 Å². The second-order valence-corrected chi connectivity index (χ2v) is 13.9. The number of ether oxygens (including phenoxy) is 3. The van der Waals surface area contributed by atoms with Crippen LogP contribution >= 0.6 is 0 Å². The number of nitrogens with zero attached hydrogens (tertiary/aromatic N) is 1. The molecule has 3 aromatic rings. The predicted octanol–water partition coefficient (Wildman–Crippen LogP) is 5.93. The molecule has 8 nitrogen and oxygen atoms in total. The largest absolute Gasteiger partial charge is 0.492 e. The van der Waals surface area contributed by atoms with Gasteiger partial charge in [0.2, 0.25) is 10.0 Å². The highest BCUT2D eigenvalue weighted by Gasteiger charge is 2.33. The van der Waals surface area contributed by atoms with Gasteiger partial charge in [0.05, 0.1) is 25.8 Å². The van der Waals surface area contributed by atoms with Gasteiger partial charge in [-0.25, -0.2) is 12.8 Å². The lowest BCUT2D eigenvalue weighted by atomic mass is 9.90. The number of hydrogen-bond acceptors (Lipinski definition) is 6. The number of benzene rings is 3. The fourth-order valence-electron chi connectivity index (χ4n) is 6.81. The highest BCUT2D eigenvalue weighted by Crippen LogP contribution is 2.45. The highest BCUT2D eigenvalue weighted by atomic mass is 32.2. The number of halogens is 1. The van der Waals surface area contributed by atoms with Crippen molar-refractivity contribution in [1.82, 2.24) is 4.31 Å². The fraction of sp³-hybridized carbons (Fsp3) is 0.424. The Hall–Kier alpha value is -3.63. The molecule has 0 radical (unpaired) electrons.